The van der Waals surface area contributed by atoms with E-state index in [1.54, 1.807) is 6.92 Å². The van der Waals surface area contributed by atoms with Crippen LogP contribution in [0.25, 0.3) is 0 Å². The number of furan rings is 1. The van der Waals surface area contributed by atoms with E-state index in [9.17, 15) is 23.1 Å². The van der Waals surface area contributed by atoms with E-state index in [4.69, 9.17) is 4.42 Å². The molecule has 1 atom stereocenters. The van der Waals surface area contributed by atoms with E-state index >= 15 is 0 Å². The van der Waals surface area contributed by atoms with Gasteiger partial charge in [0.15, 0.2) is 5.76 Å². The van der Waals surface area contributed by atoms with Gasteiger partial charge in [0.1, 0.15) is 5.76 Å². The van der Waals surface area contributed by atoms with E-state index < -0.39 is 24.2 Å². The fourth-order valence-electron chi connectivity index (χ4n) is 2.29. The highest BCUT2D eigenvalue weighted by Gasteiger charge is 2.63. The van der Waals surface area contributed by atoms with Crippen molar-refractivity contribution in [2.24, 2.45) is 11.0 Å². The summed E-state index contributed by atoms with van der Waals surface area (Å²) in [6.07, 6.45) is -5.51. The number of carbonyl (C=O) groups excluding carboxylic acids is 1. The van der Waals surface area contributed by atoms with Crippen LogP contribution in [0.2, 0.25) is 0 Å². The van der Waals surface area contributed by atoms with Crippen molar-refractivity contribution in [2.45, 2.75) is 45.5 Å². The lowest BCUT2D eigenvalue weighted by Crippen LogP contribution is -2.56. The molecule has 2 rings (SSSR count). The smallest absolute Gasteiger partial charge is 0.438 e. The molecule has 1 N–H and O–H groups in total. The highest BCUT2D eigenvalue weighted by molar-refractivity contribution is 5.96. The minimum Gasteiger partial charge on any atom is -0.456 e. The molecule has 1 amide bonds. The van der Waals surface area contributed by atoms with Crippen LogP contribution < -0.4 is 0 Å². The predicted octanol–water partition coefficient (Wildman–Crippen LogP) is 3.09. The van der Waals surface area contributed by atoms with Crippen LogP contribution in [0.15, 0.2) is 21.7 Å². The Hall–Kier alpha value is -1.83. The molecule has 1 aromatic heterocycles. The zero-order valence-electron chi connectivity index (χ0n) is 12.4. The lowest BCUT2D eigenvalue weighted by Gasteiger charge is -2.32. The van der Waals surface area contributed by atoms with E-state index in [2.05, 4.69) is 5.10 Å². The van der Waals surface area contributed by atoms with Gasteiger partial charge in [-0.3, -0.25) is 4.79 Å². The molecule has 5 nitrogen and oxygen atoms in total. The highest BCUT2D eigenvalue weighted by Crippen LogP contribution is 2.41. The monoisotopic (exact) mass is 318 g/mol. The summed E-state index contributed by atoms with van der Waals surface area (Å²) in [7, 11) is 0. The van der Waals surface area contributed by atoms with Crippen LogP contribution in [0.4, 0.5) is 13.2 Å². The minimum atomic E-state index is -5.02. The Morgan fingerprint density at radius 3 is 2.59 bits per heavy atom. The Kier molecular flexibility index (Phi) is 4.08. The first kappa shape index (κ1) is 16.5. The van der Waals surface area contributed by atoms with Crippen molar-refractivity contribution in [3.8, 4) is 0 Å². The van der Waals surface area contributed by atoms with Gasteiger partial charge in [-0.05, 0) is 31.4 Å². The number of alkyl halides is 3. The summed E-state index contributed by atoms with van der Waals surface area (Å²) in [6, 6.07) is 2.71. The number of halogens is 3. The Morgan fingerprint density at radius 1 is 1.50 bits per heavy atom. The number of carbonyl (C=O) groups is 1. The van der Waals surface area contributed by atoms with Crippen molar-refractivity contribution < 1.29 is 27.5 Å². The van der Waals surface area contributed by atoms with Gasteiger partial charge in [-0.1, -0.05) is 13.8 Å². The van der Waals surface area contributed by atoms with E-state index in [0.29, 0.717) is 5.76 Å². The van der Waals surface area contributed by atoms with E-state index in [0.717, 1.165) is 0 Å². The lowest BCUT2D eigenvalue weighted by molar-refractivity contribution is -0.297. The summed E-state index contributed by atoms with van der Waals surface area (Å²) >= 11 is 0. The van der Waals surface area contributed by atoms with Crippen LogP contribution in [0.1, 0.15) is 43.0 Å². The molecule has 1 aromatic rings. The van der Waals surface area contributed by atoms with Crippen LogP contribution in [0.5, 0.6) is 0 Å². The quantitative estimate of drug-likeness (QED) is 0.931. The van der Waals surface area contributed by atoms with Crippen LogP contribution >= 0.6 is 0 Å². The molecule has 8 heteroatoms. The third-order valence-electron chi connectivity index (χ3n) is 3.28. The number of amides is 1. The number of aryl methyl sites for hydroxylation is 1. The van der Waals surface area contributed by atoms with Crippen molar-refractivity contribution in [2.75, 3.05) is 0 Å². The molecule has 1 aliphatic rings. The molecule has 0 radical (unpaired) electrons. The van der Waals surface area contributed by atoms with E-state index in [-0.39, 0.29) is 28.8 Å². The van der Waals surface area contributed by atoms with Crippen molar-refractivity contribution >= 4 is 11.6 Å². The fraction of sp³-hybridized carbons (Fsp3) is 0.571. The van der Waals surface area contributed by atoms with Gasteiger partial charge in [-0.25, -0.2) is 0 Å². The molecular formula is C14H17F3N2O3. The topological polar surface area (TPSA) is 66.0 Å². The molecule has 122 valence electrons. The average molecular weight is 318 g/mol. The first-order valence-corrected chi connectivity index (χ1v) is 6.81. The normalized spacial score (nSPS) is 22.4. The largest absolute Gasteiger partial charge is 0.456 e. The Labute approximate surface area is 125 Å². The molecule has 0 aromatic carbocycles. The van der Waals surface area contributed by atoms with Crippen LogP contribution in [-0.2, 0) is 0 Å². The van der Waals surface area contributed by atoms with Gasteiger partial charge >= 0.3 is 12.1 Å². The first-order chi connectivity index (χ1) is 10.0. The average Bonchev–Trinajstić information content (AvgIpc) is 2.92. The zero-order valence-corrected chi connectivity index (χ0v) is 12.4. The summed E-state index contributed by atoms with van der Waals surface area (Å²) in [5.74, 6) is -0.983. The SMILES string of the molecule is Cc1ccc(C(=O)N2N=C(CC(C)C)C[C@@]2(O)C(F)(F)F)o1. The molecular weight excluding hydrogens is 301 g/mol. The second kappa shape index (κ2) is 5.42. The standard InChI is InChI=1S/C14H17F3N2O3/c1-8(2)6-10-7-13(21,14(15,16)17)19(18-10)12(20)11-5-4-9(3)22-11/h4-5,8,21H,6-7H2,1-3H3/t13-/m1/s1. The van der Waals surface area contributed by atoms with Crippen LogP contribution in [0.3, 0.4) is 0 Å². The van der Waals surface area contributed by atoms with Crippen molar-refractivity contribution in [3.63, 3.8) is 0 Å². The van der Waals surface area contributed by atoms with Gasteiger partial charge in [-0.2, -0.15) is 23.3 Å². The zero-order chi connectivity index (χ0) is 16.7. The summed E-state index contributed by atoms with van der Waals surface area (Å²) in [4.78, 5) is 12.2. The molecule has 0 spiro atoms. The van der Waals surface area contributed by atoms with Gasteiger partial charge in [-0.15, -0.1) is 0 Å². The molecule has 0 fully saturated rings. The van der Waals surface area contributed by atoms with E-state index in [1.165, 1.54) is 12.1 Å². The third kappa shape index (κ3) is 2.87. The Balaban J connectivity index is 2.38. The highest BCUT2D eigenvalue weighted by atomic mass is 19.4. The maximum atomic E-state index is 13.2. The lowest BCUT2D eigenvalue weighted by atomic mass is 9.99. The molecule has 0 bridgehead atoms. The third-order valence-corrected chi connectivity index (χ3v) is 3.28. The number of hydrogen-bond donors (Lipinski definition) is 1. The van der Waals surface area contributed by atoms with Crippen molar-refractivity contribution in [1.29, 1.82) is 0 Å². The van der Waals surface area contributed by atoms with Gasteiger partial charge in [0, 0.05) is 12.1 Å². The second-order valence-electron chi connectivity index (χ2n) is 5.78. The number of hydrogen-bond acceptors (Lipinski definition) is 4. The van der Waals surface area contributed by atoms with Gasteiger partial charge in [0.05, 0.1) is 0 Å². The Morgan fingerprint density at radius 2 is 2.14 bits per heavy atom. The molecule has 1 aliphatic heterocycles. The minimum absolute atomic E-state index is 0.0529. The molecule has 0 unspecified atom stereocenters. The molecule has 0 saturated carbocycles. The number of hydrazone groups is 1. The molecule has 2 heterocycles. The van der Waals surface area contributed by atoms with Gasteiger partial charge < -0.3 is 9.52 Å². The van der Waals surface area contributed by atoms with Crippen LogP contribution in [-0.4, -0.2) is 33.6 Å². The molecule has 0 aliphatic carbocycles. The predicted molar refractivity (Wildman–Crippen MR) is 72.1 cm³/mol. The molecule has 22 heavy (non-hydrogen) atoms. The van der Waals surface area contributed by atoms with Gasteiger partial charge in [0.2, 0.25) is 0 Å². The summed E-state index contributed by atoms with van der Waals surface area (Å²) < 4.78 is 44.8. The summed E-state index contributed by atoms with van der Waals surface area (Å²) in [6.45, 7) is 5.19. The second-order valence-corrected chi connectivity index (χ2v) is 5.78. The maximum Gasteiger partial charge on any atom is 0.438 e. The number of nitrogens with zero attached hydrogens (tertiary/aromatic N) is 2. The number of rotatable bonds is 3. The van der Waals surface area contributed by atoms with E-state index in [1.807, 2.05) is 13.8 Å². The van der Waals surface area contributed by atoms with Gasteiger partial charge in [0.25, 0.3) is 5.72 Å². The van der Waals surface area contributed by atoms with Crippen LogP contribution in [0, 0.1) is 12.8 Å². The first-order valence-electron chi connectivity index (χ1n) is 6.81. The Bertz CT molecular complexity index is 607. The maximum absolute atomic E-state index is 13.2. The van der Waals surface area contributed by atoms with Crippen molar-refractivity contribution in [1.82, 2.24) is 5.01 Å². The fourth-order valence-corrected chi connectivity index (χ4v) is 2.29. The summed E-state index contributed by atoms with van der Waals surface area (Å²) in [5, 5.41) is 13.8. The molecule has 0 saturated heterocycles. The number of aliphatic hydroxyl groups is 1. The summed E-state index contributed by atoms with van der Waals surface area (Å²) in [5.41, 5.74) is -3.21. The van der Waals surface area contributed by atoms with Crippen molar-refractivity contribution in [3.05, 3.63) is 23.7 Å².